The van der Waals surface area contributed by atoms with Crippen LogP contribution in [0.5, 0.6) is 0 Å². The Bertz CT molecular complexity index is 728. The molecule has 0 radical (unpaired) electrons. The minimum Gasteiger partial charge on any atom is -0.451 e. The summed E-state index contributed by atoms with van der Waals surface area (Å²) in [6, 6.07) is 6.23. The van der Waals surface area contributed by atoms with Gasteiger partial charge in [-0.1, -0.05) is 19.4 Å². The van der Waals surface area contributed by atoms with Crippen LogP contribution in [-0.2, 0) is 11.2 Å². The molecular formula is C21H29NO3. The number of fused-ring (bicyclic) bond motifs is 1. The van der Waals surface area contributed by atoms with Gasteiger partial charge in [-0.25, -0.2) is 0 Å². The topological polar surface area (TPSA) is 42.7 Å². The van der Waals surface area contributed by atoms with Gasteiger partial charge in [0.05, 0.1) is 6.10 Å². The molecule has 4 heteroatoms. The molecule has 136 valence electrons. The lowest BCUT2D eigenvalue weighted by molar-refractivity contribution is 0.00691. The first-order valence-electron chi connectivity index (χ1n) is 9.49. The first kappa shape index (κ1) is 18.0. The summed E-state index contributed by atoms with van der Waals surface area (Å²) in [5.41, 5.74) is 3.03. The van der Waals surface area contributed by atoms with E-state index in [1.54, 1.807) is 4.90 Å². The molecule has 2 aromatic rings. The Morgan fingerprint density at radius 2 is 2.16 bits per heavy atom. The van der Waals surface area contributed by atoms with Crippen LogP contribution >= 0.6 is 0 Å². The van der Waals surface area contributed by atoms with E-state index in [4.69, 9.17) is 9.15 Å². The Morgan fingerprint density at radius 3 is 2.88 bits per heavy atom. The molecule has 0 aliphatic carbocycles. The first-order valence-corrected chi connectivity index (χ1v) is 9.49. The summed E-state index contributed by atoms with van der Waals surface area (Å²) in [6.07, 6.45) is 6.82. The average molecular weight is 343 g/mol. The molecule has 1 atom stereocenters. The maximum Gasteiger partial charge on any atom is 0.289 e. The number of ether oxygens (including phenoxy) is 1. The Hall–Kier alpha value is -1.81. The van der Waals surface area contributed by atoms with Gasteiger partial charge in [0.1, 0.15) is 5.58 Å². The van der Waals surface area contributed by atoms with Crippen molar-refractivity contribution in [2.45, 2.75) is 58.5 Å². The Morgan fingerprint density at radius 1 is 1.32 bits per heavy atom. The lowest BCUT2D eigenvalue weighted by atomic mass is 10.0. The van der Waals surface area contributed by atoms with E-state index in [0.717, 1.165) is 55.2 Å². The van der Waals surface area contributed by atoms with Gasteiger partial charge in [0, 0.05) is 31.1 Å². The summed E-state index contributed by atoms with van der Waals surface area (Å²) in [5, 5.41) is 1.05. The zero-order valence-corrected chi connectivity index (χ0v) is 15.6. The van der Waals surface area contributed by atoms with E-state index < -0.39 is 0 Å². The molecule has 4 nitrogen and oxygen atoms in total. The van der Waals surface area contributed by atoms with Crippen LogP contribution in [-0.4, -0.2) is 37.1 Å². The van der Waals surface area contributed by atoms with Crippen molar-refractivity contribution in [3.63, 3.8) is 0 Å². The van der Waals surface area contributed by atoms with Crippen molar-refractivity contribution in [3.05, 3.63) is 35.1 Å². The van der Waals surface area contributed by atoms with Gasteiger partial charge in [0.2, 0.25) is 0 Å². The zero-order valence-electron chi connectivity index (χ0n) is 15.6. The highest BCUT2D eigenvalue weighted by molar-refractivity contribution is 5.98. The van der Waals surface area contributed by atoms with Crippen LogP contribution in [0.2, 0.25) is 0 Å². The van der Waals surface area contributed by atoms with Gasteiger partial charge in [-0.3, -0.25) is 4.79 Å². The van der Waals surface area contributed by atoms with Gasteiger partial charge in [0.15, 0.2) is 5.76 Å². The SMILES string of the molecule is CCCc1ccc2oc(C(=O)N(C)CC[C@@H]3CCCCO3)c(C)c2c1. The highest BCUT2D eigenvalue weighted by atomic mass is 16.5. The van der Waals surface area contributed by atoms with E-state index in [2.05, 4.69) is 19.1 Å². The number of benzene rings is 1. The van der Waals surface area contributed by atoms with E-state index in [1.165, 1.54) is 12.0 Å². The van der Waals surface area contributed by atoms with Gasteiger partial charge >= 0.3 is 0 Å². The Labute approximate surface area is 150 Å². The fourth-order valence-corrected chi connectivity index (χ4v) is 3.56. The van der Waals surface area contributed by atoms with Crippen LogP contribution in [0.4, 0.5) is 0 Å². The Kier molecular flexibility index (Phi) is 5.79. The molecule has 25 heavy (non-hydrogen) atoms. The molecule has 3 rings (SSSR count). The minimum atomic E-state index is -0.0402. The van der Waals surface area contributed by atoms with Crippen LogP contribution in [0.1, 0.15) is 60.7 Å². The van der Waals surface area contributed by atoms with E-state index in [-0.39, 0.29) is 12.0 Å². The number of rotatable bonds is 6. The number of furan rings is 1. The van der Waals surface area contributed by atoms with Crippen LogP contribution in [0.3, 0.4) is 0 Å². The summed E-state index contributed by atoms with van der Waals surface area (Å²) < 4.78 is 11.6. The monoisotopic (exact) mass is 343 g/mol. The lowest BCUT2D eigenvalue weighted by Gasteiger charge is -2.25. The van der Waals surface area contributed by atoms with Crippen molar-refractivity contribution in [2.24, 2.45) is 0 Å². The second-order valence-electron chi connectivity index (χ2n) is 7.14. The van der Waals surface area contributed by atoms with Crippen LogP contribution in [0, 0.1) is 6.92 Å². The highest BCUT2D eigenvalue weighted by Crippen LogP contribution is 2.27. The third kappa shape index (κ3) is 4.06. The normalized spacial score (nSPS) is 17.8. The van der Waals surface area contributed by atoms with E-state index >= 15 is 0 Å². The number of carbonyl (C=O) groups excluding carboxylic acids is 1. The van der Waals surface area contributed by atoms with Gasteiger partial charge in [0.25, 0.3) is 5.91 Å². The quantitative estimate of drug-likeness (QED) is 0.762. The molecule has 1 aliphatic heterocycles. The summed E-state index contributed by atoms with van der Waals surface area (Å²) in [6.45, 7) is 5.70. The average Bonchev–Trinajstić information content (AvgIpc) is 2.96. The molecule has 0 bridgehead atoms. The molecule has 1 aliphatic rings. The third-order valence-corrected chi connectivity index (χ3v) is 5.14. The van der Waals surface area contributed by atoms with Gasteiger partial charge < -0.3 is 14.1 Å². The van der Waals surface area contributed by atoms with Crippen molar-refractivity contribution >= 4 is 16.9 Å². The lowest BCUT2D eigenvalue weighted by Crippen LogP contribution is -2.31. The standard InChI is InChI=1S/C21H29NO3/c1-4-7-16-9-10-19-18(14-16)15(2)20(25-19)21(23)22(3)12-11-17-8-5-6-13-24-17/h9-10,14,17H,4-8,11-13H2,1-3H3/t17-/m0/s1. The fourth-order valence-electron chi connectivity index (χ4n) is 3.56. The van der Waals surface area contributed by atoms with Crippen LogP contribution < -0.4 is 0 Å². The first-order chi connectivity index (χ1) is 12.1. The molecule has 0 unspecified atom stereocenters. The van der Waals surface area contributed by atoms with Gasteiger partial charge in [-0.15, -0.1) is 0 Å². The molecule has 1 amide bonds. The third-order valence-electron chi connectivity index (χ3n) is 5.14. The fraction of sp³-hybridized carbons (Fsp3) is 0.571. The molecule has 1 saturated heterocycles. The van der Waals surface area contributed by atoms with E-state index in [1.807, 2.05) is 20.0 Å². The van der Waals surface area contributed by atoms with Crippen LogP contribution in [0.15, 0.2) is 22.6 Å². The molecule has 1 aromatic carbocycles. The molecule has 0 saturated carbocycles. The molecule has 0 spiro atoms. The van der Waals surface area contributed by atoms with Crippen molar-refractivity contribution in [1.82, 2.24) is 4.90 Å². The van der Waals surface area contributed by atoms with Crippen molar-refractivity contribution < 1.29 is 13.9 Å². The highest BCUT2D eigenvalue weighted by Gasteiger charge is 2.22. The van der Waals surface area contributed by atoms with E-state index in [0.29, 0.717) is 12.3 Å². The number of aryl methyl sites for hydroxylation is 2. The minimum absolute atomic E-state index is 0.0402. The van der Waals surface area contributed by atoms with Crippen molar-refractivity contribution in [3.8, 4) is 0 Å². The summed E-state index contributed by atoms with van der Waals surface area (Å²) in [4.78, 5) is 14.6. The molecule has 2 heterocycles. The summed E-state index contributed by atoms with van der Waals surface area (Å²) >= 11 is 0. The molecular weight excluding hydrogens is 314 g/mol. The van der Waals surface area contributed by atoms with Crippen LogP contribution in [0.25, 0.3) is 11.0 Å². The van der Waals surface area contributed by atoms with Gasteiger partial charge in [-0.2, -0.15) is 0 Å². The molecule has 0 N–H and O–H groups in total. The predicted molar refractivity (Wildman–Crippen MR) is 100 cm³/mol. The second-order valence-corrected chi connectivity index (χ2v) is 7.14. The second kappa shape index (κ2) is 8.05. The largest absolute Gasteiger partial charge is 0.451 e. The van der Waals surface area contributed by atoms with E-state index in [9.17, 15) is 4.79 Å². The van der Waals surface area contributed by atoms with Crippen molar-refractivity contribution in [1.29, 1.82) is 0 Å². The molecule has 1 aromatic heterocycles. The smallest absolute Gasteiger partial charge is 0.289 e. The zero-order chi connectivity index (χ0) is 17.8. The number of hydrogen-bond acceptors (Lipinski definition) is 3. The summed E-state index contributed by atoms with van der Waals surface area (Å²) in [5.74, 6) is 0.428. The molecule has 1 fully saturated rings. The van der Waals surface area contributed by atoms with Crippen molar-refractivity contribution in [2.75, 3.05) is 20.2 Å². The number of carbonyl (C=O) groups is 1. The predicted octanol–water partition coefficient (Wildman–Crippen LogP) is 4.72. The number of amides is 1. The maximum atomic E-state index is 12.8. The van der Waals surface area contributed by atoms with Gasteiger partial charge in [-0.05, 0) is 56.7 Å². The maximum absolute atomic E-state index is 12.8. The number of hydrogen-bond donors (Lipinski definition) is 0. The summed E-state index contributed by atoms with van der Waals surface area (Å²) in [7, 11) is 1.85. The number of nitrogens with zero attached hydrogens (tertiary/aromatic N) is 1. The Balaban J connectivity index is 1.71.